The highest BCUT2D eigenvalue weighted by Crippen LogP contribution is 2.21. The Kier molecular flexibility index (Phi) is 6.08. The average Bonchev–Trinajstić information content (AvgIpc) is 2.57. The highest BCUT2D eigenvalue weighted by molar-refractivity contribution is 9.10. The van der Waals surface area contributed by atoms with Gasteiger partial charge in [0.05, 0.1) is 13.3 Å². The maximum Gasteiger partial charge on any atom is 0.329 e. The number of halogens is 1. The molecule has 2 aromatic carbocycles. The second-order valence-electron chi connectivity index (χ2n) is 4.91. The molecule has 0 aromatic heterocycles. The summed E-state index contributed by atoms with van der Waals surface area (Å²) in [4.78, 5) is 23.5. The number of carbonyl (C=O) groups is 2. The first-order valence-corrected chi connectivity index (χ1v) is 7.83. The molecule has 7 heteroatoms. The summed E-state index contributed by atoms with van der Waals surface area (Å²) in [7, 11) is 1.54. The maximum atomic E-state index is 11.8. The van der Waals surface area contributed by atoms with Gasteiger partial charge in [-0.15, -0.1) is 0 Å². The van der Waals surface area contributed by atoms with Crippen LogP contribution in [0.15, 0.2) is 52.0 Å². The number of carbonyl (C=O) groups excluding carboxylic acids is 2. The Labute approximate surface area is 148 Å². The number of hydrazone groups is 1. The lowest BCUT2D eigenvalue weighted by atomic mass is 10.2. The Morgan fingerprint density at radius 3 is 2.50 bits per heavy atom. The van der Waals surface area contributed by atoms with Crippen LogP contribution in [0.4, 0.5) is 5.69 Å². The monoisotopic (exact) mass is 389 g/mol. The van der Waals surface area contributed by atoms with E-state index in [1.807, 2.05) is 25.1 Å². The molecule has 0 saturated heterocycles. The van der Waals surface area contributed by atoms with E-state index in [2.05, 4.69) is 31.8 Å². The molecule has 0 spiro atoms. The summed E-state index contributed by atoms with van der Waals surface area (Å²) >= 11 is 3.34. The molecule has 0 radical (unpaired) electrons. The quantitative estimate of drug-likeness (QED) is 0.479. The van der Waals surface area contributed by atoms with Gasteiger partial charge in [0.2, 0.25) is 0 Å². The predicted molar refractivity (Wildman–Crippen MR) is 96.2 cm³/mol. The largest absolute Gasteiger partial charge is 0.496 e. The Balaban J connectivity index is 1.96. The molecule has 2 N–H and O–H groups in total. The molecule has 2 rings (SSSR count). The molecule has 0 saturated carbocycles. The van der Waals surface area contributed by atoms with Gasteiger partial charge in [0.1, 0.15) is 5.75 Å². The van der Waals surface area contributed by atoms with E-state index in [0.29, 0.717) is 17.0 Å². The minimum absolute atomic E-state index is 0.540. The number of hydrogen-bond acceptors (Lipinski definition) is 4. The van der Waals surface area contributed by atoms with Gasteiger partial charge in [-0.1, -0.05) is 33.6 Å². The predicted octanol–water partition coefficient (Wildman–Crippen LogP) is 2.85. The highest BCUT2D eigenvalue weighted by Gasteiger charge is 2.12. The van der Waals surface area contributed by atoms with Crippen LogP contribution < -0.4 is 15.5 Å². The Hall–Kier alpha value is -2.67. The summed E-state index contributed by atoms with van der Waals surface area (Å²) in [5, 5.41) is 6.27. The van der Waals surface area contributed by atoms with E-state index in [9.17, 15) is 9.59 Å². The van der Waals surface area contributed by atoms with Crippen molar-refractivity contribution in [3.63, 3.8) is 0 Å². The van der Waals surface area contributed by atoms with Crippen molar-refractivity contribution in [2.24, 2.45) is 5.10 Å². The molecule has 24 heavy (non-hydrogen) atoms. The molecule has 0 heterocycles. The van der Waals surface area contributed by atoms with Gasteiger partial charge in [0, 0.05) is 15.7 Å². The molecule has 2 aromatic rings. The Morgan fingerprint density at radius 1 is 1.12 bits per heavy atom. The molecule has 0 unspecified atom stereocenters. The summed E-state index contributed by atoms with van der Waals surface area (Å²) in [6.45, 7) is 1.93. The van der Waals surface area contributed by atoms with Crippen LogP contribution in [-0.2, 0) is 9.59 Å². The molecule has 124 valence electrons. The number of nitrogens with zero attached hydrogens (tertiary/aromatic N) is 1. The number of benzene rings is 2. The van der Waals surface area contributed by atoms with Gasteiger partial charge in [-0.25, -0.2) is 5.43 Å². The molecule has 0 aliphatic carbocycles. The zero-order chi connectivity index (χ0) is 17.5. The molecule has 0 fully saturated rings. The SMILES string of the molecule is COc1ccc(Br)cc1C=NNC(=O)C(=O)Nc1ccc(C)cc1. The van der Waals surface area contributed by atoms with Crippen molar-refractivity contribution in [3.05, 3.63) is 58.1 Å². The van der Waals surface area contributed by atoms with E-state index < -0.39 is 11.8 Å². The molecular formula is C17H16BrN3O3. The number of methoxy groups -OCH3 is 1. The van der Waals surface area contributed by atoms with Crippen molar-refractivity contribution >= 4 is 39.6 Å². The molecule has 0 atom stereocenters. The lowest BCUT2D eigenvalue weighted by Gasteiger charge is -2.05. The number of aryl methyl sites for hydroxylation is 1. The first-order valence-electron chi connectivity index (χ1n) is 7.04. The van der Waals surface area contributed by atoms with Crippen molar-refractivity contribution in [1.82, 2.24) is 5.43 Å². The average molecular weight is 390 g/mol. The number of nitrogens with one attached hydrogen (secondary N) is 2. The summed E-state index contributed by atoms with van der Waals surface area (Å²) in [5.74, 6) is -1.06. The van der Waals surface area contributed by atoms with Crippen LogP contribution in [-0.4, -0.2) is 25.1 Å². The van der Waals surface area contributed by atoms with Crippen LogP contribution in [0.5, 0.6) is 5.75 Å². The zero-order valence-corrected chi connectivity index (χ0v) is 14.8. The normalized spacial score (nSPS) is 10.5. The fraction of sp³-hybridized carbons (Fsp3) is 0.118. The van der Waals surface area contributed by atoms with E-state index in [1.165, 1.54) is 13.3 Å². The second-order valence-corrected chi connectivity index (χ2v) is 5.82. The Morgan fingerprint density at radius 2 is 1.83 bits per heavy atom. The maximum absolute atomic E-state index is 11.8. The van der Waals surface area contributed by atoms with E-state index in [0.717, 1.165) is 10.0 Å². The standard InChI is InChI=1S/C17H16BrN3O3/c1-11-3-6-14(7-4-11)20-16(22)17(23)21-19-10-12-9-13(18)5-8-15(12)24-2/h3-10H,1-2H3,(H,20,22)(H,21,23). The van der Waals surface area contributed by atoms with E-state index in [4.69, 9.17) is 4.74 Å². The van der Waals surface area contributed by atoms with Gasteiger partial charge in [0.25, 0.3) is 0 Å². The van der Waals surface area contributed by atoms with Gasteiger partial charge >= 0.3 is 11.8 Å². The van der Waals surface area contributed by atoms with Crippen LogP contribution in [0.1, 0.15) is 11.1 Å². The summed E-state index contributed by atoms with van der Waals surface area (Å²) in [5.41, 5.74) is 4.44. The molecule has 2 amide bonds. The van der Waals surface area contributed by atoms with Gasteiger partial charge in [-0.3, -0.25) is 9.59 Å². The molecule has 0 bridgehead atoms. The smallest absolute Gasteiger partial charge is 0.329 e. The fourth-order valence-electron chi connectivity index (χ4n) is 1.84. The van der Waals surface area contributed by atoms with Crippen LogP contribution >= 0.6 is 15.9 Å². The van der Waals surface area contributed by atoms with Crippen LogP contribution in [0.25, 0.3) is 0 Å². The van der Waals surface area contributed by atoms with Gasteiger partial charge in [-0.2, -0.15) is 5.10 Å². The first-order chi connectivity index (χ1) is 11.5. The number of hydrogen-bond donors (Lipinski definition) is 2. The molecular weight excluding hydrogens is 374 g/mol. The topological polar surface area (TPSA) is 79.8 Å². The third kappa shape index (κ3) is 4.92. The third-order valence-corrected chi connectivity index (χ3v) is 3.57. The van der Waals surface area contributed by atoms with Crippen LogP contribution in [0.3, 0.4) is 0 Å². The zero-order valence-electron chi connectivity index (χ0n) is 13.2. The van der Waals surface area contributed by atoms with Crippen LogP contribution in [0, 0.1) is 6.92 Å². The third-order valence-electron chi connectivity index (χ3n) is 3.08. The van der Waals surface area contributed by atoms with Gasteiger partial charge < -0.3 is 10.1 Å². The van der Waals surface area contributed by atoms with Crippen LogP contribution in [0.2, 0.25) is 0 Å². The number of rotatable bonds is 4. The summed E-state index contributed by atoms with van der Waals surface area (Å²) in [6.07, 6.45) is 1.40. The Bertz CT molecular complexity index is 773. The molecule has 0 aliphatic rings. The number of amides is 2. The minimum atomic E-state index is -0.860. The van der Waals surface area contributed by atoms with Crippen molar-refractivity contribution in [1.29, 1.82) is 0 Å². The van der Waals surface area contributed by atoms with Gasteiger partial charge in [0.15, 0.2) is 0 Å². The minimum Gasteiger partial charge on any atom is -0.496 e. The second kappa shape index (κ2) is 8.26. The molecule has 6 nitrogen and oxygen atoms in total. The van der Waals surface area contributed by atoms with Crippen molar-refractivity contribution < 1.29 is 14.3 Å². The first kappa shape index (κ1) is 17.7. The lowest BCUT2D eigenvalue weighted by molar-refractivity contribution is -0.136. The summed E-state index contributed by atoms with van der Waals surface area (Å²) < 4.78 is 6.03. The summed E-state index contributed by atoms with van der Waals surface area (Å²) in [6, 6.07) is 12.5. The highest BCUT2D eigenvalue weighted by atomic mass is 79.9. The van der Waals surface area contributed by atoms with Crippen molar-refractivity contribution in [2.75, 3.05) is 12.4 Å². The van der Waals surface area contributed by atoms with Crippen molar-refractivity contribution in [3.8, 4) is 5.75 Å². The lowest BCUT2D eigenvalue weighted by Crippen LogP contribution is -2.32. The number of anilines is 1. The van der Waals surface area contributed by atoms with E-state index in [-0.39, 0.29) is 0 Å². The van der Waals surface area contributed by atoms with E-state index >= 15 is 0 Å². The van der Waals surface area contributed by atoms with Gasteiger partial charge in [-0.05, 0) is 37.3 Å². The molecule has 0 aliphatic heterocycles. The van der Waals surface area contributed by atoms with Crippen molar-refractivity contribution in [2.45, 2.75) is 6.92 Å². The van der Waals surface area contributed by atoms with E-state index in [1.54, 1.807) is 24.3 Å². The number of ether oxygens (including phenoxy) is 1. The fourth-order valence-corrected chi connectivity index (χ4v) is 2.22.